The first-order valence-electron chi connectivity index (χ1n) is 6.81. The monoisotopic (exact) mass is 356 g/mol. The van der Waals surface area contributed by atoms with Gasteiger partial charge in [-0.15, -0.1) is 11.8 Å². The van der Waals surface area contributed by atoms with Gasteiger partial charge in [-0.05, 0) is 36.4 Å². The number of amides is 1. The number of aromatic nitrogens is 1. The van der Waals surface area contributed by atoms with Crippen LogP contribution >= 0.6 is 11.8 Å². The van der Waals surface area contributed by atoms with E-state index in [4.69, 9.17) is 0 Å². The second kappa shape index (κ2) is 8.49. The Hall–Kier alpha value is -2.35. The molecule has 0 saturated carbocycles. The van der Waals surface area contributed by atoms with Gasteiger partial charge in [0.25, 0.3) is 5.91 Å². The van der Waals surface area contributed by atoms with Crippen molar-refractivity contribution in [1.82, 2.24) is 4.98 Å². The molecule has 2 aromatic rings. The van der Waals surface area contributed by atoms with Crippen molar-refractivity contribution in [3.05, 3.63) is 65.9 Å². The molecule has 0 radical (unpaired) electrons. The molecule has 0 atom stereocenters. The number of nitrogens with zero attached hydrogens (tertiary/aromatic N) is 1. The van der Waals surface area contributed by atoms with E-state index in [1.807, 2.05) is 0 Å². The van der Waals surface area contributed by atoms with Crippen LogP contribution in [0, 0.1) is 5.82 Å². The Morgan fingerprint density at radius 3 is 2.50 bits per heavy atom. The molecule has 8 heteroatoms. The van der Waals surface area contributed by atoms with Crippen LogP contribution < -0.4 is 5.32 Å². The van der Waals surface area contributed by atoms with Gasteiger partial charge < -0.3 is 5.32 Å². The van der Waals surface area contributed by atoms with Gasteiger partial charge in [0.2, 0.25) is 0 Å². The summed E-state index contributed by atoms with van der Waals surface area (Å²) < 4.78 is 49.7. The SMILES string of the molecule is O=C(Nc1ccc(F)cc1)c1cccnc1SCCC(F)=C(F)F. The molecule has 0 unspecified atom stereocenters. The molecular formula is C16H12F4N2OS. The fourth-order valence-electron chi connectivity index (χ4n) is 1.74. The fraction of sp³-hybridized carbons (Fsp3) is 0.125. The molecule has 2 rings (SSSR count). The van der Waals surface area contributed by atoms with Crippen LogP contribution in [0.25, 0.3) is 0 Å². The summed E-state index contributed by atoms with van der Waals surface area (Å²) in [4.78, 5) is 16.3. The van der Waals surface area contributed by atoms with Crippen molar-refractivity contribution in [1.29, 1.82) is 0 Å². The van der Waals surface area contributed by atoms with Crippen LogP contribution in [-0.2, 0) is 0 Å². The van der Waals surface area contributed by atoms with Gasteiger partial charge in [-0.2, -0.15) is 8.78 Å². The van der Waals surface area contributed by atoms with Gasteiger partial charge in [-0.25, -0.2) is 13.8 Å². The minimum Gasteiger partial charge on any atom is -0.322 e. The number of carbonyl (C=O) groups excluding carboxylic acids is 1. The molecular weight excluding hydrogens is 344 g/mol. The van der Waals surface area contributed by atoms with Crippen LogP contribution in [0.15, 0.2) is 59.5 Å². The van der Waals surface area contributed by atoms with Crippen LogP contribution in [-0.4, -0.2) is 16.6 Å². The molecule has 1 N–H and O–H groups in total. The largest absolute Gasteiger partial charge is 0.322 e. The predicted octanol–water partition coefficient (Wildman–Crippen LogP) is 5.03. The van der Waals surface area contributed by atoms with Crippen LogP contribution in [0.3, 0.4) is 0 Å². The minimum absolute atomic E-state index is 0.0109. The summed E-state index contributed by atoms with van der Waals surface area (Å²) in [6, 6.07) is 8.27. The number of carbonyl (C=O) groups is 1. The maximum Gasteiger partial charge on any atom is 0.301 e. The lowest BCUT2D eigenvalue weighted by molar-refractivity contribution is 0.102. The quantitative estimate of drug-likeness (QED) is 0.583. The van der Waals surface area contributed by atoms with Gasteiger partial charge in [0.1, 0.15) is 10.8 Å². The summed E-state index contributed by atoms with van der Waals surface area (Å²) >= 11 is 0.995. The van der Waals surface area contributed by atoms with Crippen molar-refractivity contribution in [3.8, 4) is 0 Å². The van der Waals surface area contributed by atoms with Crippen LogP contribution in [0.2, 0.25) is 0 Å². The van der Waals surface area contributed by atoms with E-state index in [0.717, 1.165) is 11.8 Å². The number of allylic oxidation sites excluding steroid dienone is 1. The first-order valence-corrected chi connectivity index (χ1v) is 7.80. The zero-order valence-electron chi connectivity index (χ0n) is 12.2. The second-order valence-electron chi connectivity index (χ2n) is 4.58. The zero-order valence-corrected chi connectivity index (χ0v) is 13.0. The fourth-order valence-corrected chi connectivity index (χ4v) is 2.67. The van der Waals surface area contributed by atoms with Gasteiger partial charge in [-0.3, -0.25) is 4.79 Å². The molecule has 126 valence electrons. The van der Waals surface area contributed by atoms with E-state index in [1.165, 1.54) is 36.5 Å². The molecule has 1 aromatic heterocycles. The minimum atomic E-state index is -2.34. The molecule has 0 saturated heterocycles. The molecule has 0 fully saturated rings. The smallest absolute Gasteiger partial charge is 0.301 e. The predicted molar refractivity (Wildman–Crippen MR) is 84.3 cm³/mol. The van der Waals surface area contributed by atoms with Crippen molar-refractivity contribution < 1.29 is 22.4 Å². The third kappa shape index (κ3) is 5.09. The second-order valence-corrected chi connectivity index (χ2v) is 5.66. The Labute approximate surface area is 139 Å². The summed E-state index contributed by atoms with van der Waals surface area (Å²) in [5.41, 5.74) is 0.617. The average Bonchev–Trinajstić information content (AvgIpc) is 2.57. The average molecular weight is 356 g/mol. The zero-order chi connectivity index (χ0) is 17.5. The molecule has 1 aromatic carbocycles. The lowest BCUT2D eigenvalue weighted by atomic mass is 10.2. The maximum absolute atomic E-state index is 12.9. The van der Waals surface area contributed by atoms with Crippen LogP contribution in [0.5, 0.6) is 0 Å². The number of pyridine rings is 1. The van der Waals surface area contributed by atoms with E-state index in [0.29, 0.717) is 10.7 Å². The molecule has 0 aliphatic rings. The van der Waals surface area contributed by atoms with Crippen LogP contribution in [0.4, 0.5) is 23.2 Å². The van der Waals surface area contributed by atoms with Gasteiger partial charge >= 0.3 is 6.08 Å². The van der Waals surface area contributed by atoms with E-state index in [2.05, 4.69) is 10.3 Å². The lowest BCUT2D eigenvalue weighted by Crippen LogP contribution is -2.13. The summed E-state index contributed by atoms with van der Waals surface area (Å²) in [5, 5.41) is 2.88. The number of nitrogens with one attached hydrogen (secondary N) is 1. The Morgan fingerprint density at radius 1 is 1.12 bits per heavy atom. The number of thioether (sulfide) groups is 1. The first-order chi connectivity index (χ1) is 11.5. The van der Waals surface area contributed by atoms with Crippen molar-refractivity contribution in [2.24, 2.45) is 0 Å². The third-order valence-electron chi connectivity index (χ3n) is 2.88. The Morgan fingerprint density at radius 2 is 1.83 bits per heavy atom. The lowest BCUT2D eigenvalue weighted by Gasteiger charge is -2.09. The Bertz CT molecular complexity index is 746. The third-order valence-corrected chi connectivity index (χ3v) is 3.89. The van der Waals surface area contributed by atoms with E-state index in [9.17, 15) is 22.4 Å². The first kappa shape index (κ1) is 18.0. The maximum atomic E-state index is 12.9. The van der Waals surface area contributed by atoms with Gasteiger partial charge in [0, 0.05) is 24.1 Å². The standard InChI is InChI=1S/C16H12F4N2OS/c17-10-3-5-11(6-4-10)22-15(23)12-2-1-8-21-16(12)24-9-7-13(18)14(19)20/h1-6,8H,7,9H2,(H,22,23). The Balaban J connectivity index is 2.06. The highest BCUT2D eigenvalue weighted by molar-refractivity contribution is 7.99. The summed E-state index contributed by atoms with van der Waals surface area (Å²) in [6.45, 7) is 0. The molecule has 1 heterocycles. The molecule has 0 aliphatic heterocycles. The molecule has 3 nitrogen and oxygen atoms in total. The van der Waals surface area contributed by atoms with Gasteiger partial charge in [-0.1, -0.05) is 0 Å². The Kier molecular flexibility index (Phi) is 6.36. The van der Waals surface area contributed by atoms with Crippen molar-refractivity contribution in [3.63, 3.8) is 0 Å². The summed E-state index contributed by atoms with van der Waals surface area (Å²) in [6.07, 6.45) is -1.35. The van der Waals surface area contributed by atoms with Gasteiger partial charge in [0.15, 0.2) is 5.83 Å². The summed E-state index contributed by atoms with van der Waals surface area (Å²) in [7, 11) is 0. The number of benzene rings is 1. The van der Waals surface area contributed by atoms with Crippen molar-refractivity contribution in [2.75, 3.05) is 11.1 Å². The number of hydrogen-bond acceptors (Lipinski definition) is 3. The highest BCUT2D eigenvalue weighted by Gasteiger charge is 2.14. The molecule has 0 bridgehead atoms. The van der Waals surface area contributed by atoms with Crippen LogP contribution in [0.1, 0.15) is 16.8 Å². The summed E-state index contributed by atoms with van der Waals surface area (Å²) in [5.74, 6) is -2.38. The van der Waals surface area contributed by atoms with Gasteiger partial charge in [0.05, 0.1) is 5.56 Å². The van der Waals surface area contributed by atoms with E-state index in [1.54, 1.807) is 6.07 Å². The molecule has 24 heavy (non-hydrogen) atoms. The van der Waals surface area contributed by atoms with E-state index >= 15 is 0 Å². The van der Waals surface area contributed by atoms with Crippen molar-refractivity contribution in [2.45, 2.75) is 11.4 Å². The number of anilines is 1. The number of hydrogen-bond donors (Lipinski definition) is 1. The highest BCUT2D eigenvalue weighted by atomic mass is 32.2. The number of halogens is 4. The van der Waals surface area contributed by atoms with E-state index in [-0.39, 0.29) is 11.3 Å². The number of rotatable bonds is 6. The molecule has 1 amide bonds. The highest BCUT2D eigenvalue weighted by Crippen LogP contribution is 2.24. The van der Waals surface area contributed by atoms with Crippen molar-refractivity contribution >= 4 is 23.4 Å². The topological polar surface area (TPSA) is 42.0 Å². The normalized spacial score (nSPS) is 10.3. The van der Waals surface area contributed by atoms with E-state index < -0.39 is 30.1 Å². The molecule has 0 spiro atoms. The molecule has 0 aliphatic carbocycles.